The summed E-state index contributed by atoms with van der Waals surface area (Å²) >= 11 is 0. The molecule has 1 atom stereocenters. The number of benzene rings is 3. The average Bonchev–Trinajstić information content (AvgIpc) is 3.18. The molecule has 0 aliphatic rings. The Bertz CT molecular complexity index is 1250. The molecule has 2 heterocycles. The van der Waals surface area contributed by atoms with Crippen LogP contribution in [0.25, 0.3) is 33.1 Å². The molecule has 0 aliphatic heterocycles. The molecule has 0 radical (unpaired) electrons. The van der Waals surface area contributed by atoms with Crippen LogP contribution in [0.5, 0.6) is 0 Å². The first-order valence-corrected chi connectivity index (χ1v) is 9.41. The van der Waals surface area contributed by atoms with Crippen molar-refractivity contribution >= 4 is 21.9 Å². The van der Waals surface area contributed by atoms with Gasteiger partial charge in [0, 0.05) is 11.6 Å². The summed E-state index contributed by atoms with van der Waals surface area (Å²) in [6.07, 6.45) is 2.58. The molecule has 4 heteroatoms. The predicted molar refractivity (Wildman–Crippen MR) is 114 cm³/mol. The molecule has 0 spiro atoms. The van der Waals surface area contributed by atoms with E-state index in [4.69, 9.17) is 10.7 Å². The van der Waals surface area contributed by atoms with E-state index in [0.717, 1.165) is 45.3 Å². The summed E-state index contributed by atoms with van der Waals surface area (Å²) in [4.78, 5) is 12.6. The van der Waals surface area contributed by atoms with Crippen molar-refractivity contribution in [1.82, 2.24) is 15.0 Å². The lowest BCUT2D eigenvalue weighted by Crippen LogP contribution is -2.14. The van der Waals surface area contributed by atoms with Gasteiger partial charge in [-0.1, -0.05) is 54.6 Å². The molecule has 0 amide bonds. The number of pyridine rings is 1. The van der Waals surface area contributed by atoms with E-state index in [0.29, 0.717) is 0 Å². The van der Waals surface area contributed by atoms with Crippen LogP contribution >= 0.6 is 0 Å². The van der Waals surface area contributed by atoms with Crippen molar-refractivity contribution in [3.8, 4) is 11.1 Å². The number of nitrogens with one attached hydrogen (secondary N) is 1. The highest BCUT2D eigenvalue weighted by Gasteiger charge is 2.13. The van der Waals surface area contributed by atoms with E-state index in [-0.39, 0.29) is 6.04 Å². The zero-order valence-electron chi connectivity index (χ0n) is 15.3. The summed E-state index contributed by atoms with van der Waals surface area (Å²) in [6.45, 7) is 0. The van der Waals surface area contributed by atoms with Crippen molar-refractivity contribution in [3.63, 3.8) is 0 Å². The van der Waals surface area contributed by atoms with Gasteiger partial charge in [0.15, 0.2) is 0 Å². The zero-order chi connectivity index (χ0) is 18.9. The number of imidazole rings is 1. The highest BCUT2D eigenvalue weighted by Crippen LogP contribution is 2.30. The second-order valence-electron chi connectivity index (χ2n) is 7.03. The van der Waals surface area contributed by atoms with Crippen molar-refractivity contribution < 1.29 is 0 Å². The Kier molecular flexibility index (Phi) is 4.11. The summed E-state index contributed by atoms with van der Waals surface area (Å²) in [6, 6.07) is 26.7. The van der Waals surface area contributed by atoms with E-state index in [2.05, 4.69) is 52.4 Å². The molecule has 0 saturated carbocycles. The maximum atomic E-state index is 6.41. The standard InChI is InChI=1S/C24H20N4/c25-20(14-16-6-2-1-3-7-16)24-27-22-12-11-17(15-23(22)28-24)18-8-4-10-21-19(18)9-5-13-26-21/h1-13,15,20H,14,25H2,(H,27,28). The van der Waals surface area contributed by atoms with Gasteiger partial charge in [0.1, 0.15) is 5.82 Å². The lowest BCUT2D eigenvalue weighted by molar-refractivity contribution is 0.680. The van der Waals surface area contributed by atoms with Crippen molar-refractivity contribution in [2.24, 2.45) is 5.73 Å². The van der Waals surface area contributed by atoms with Crippen LogP contribution in [0.3, 0.4) is 0 Å². The molecule has 3 N–H and O–H groups in total. The summed E-state index contributed by atoms with van der Waals surface area (Å²) in [5, 5.41) is 1.14. The molecular formula is C24H20N4. The first-order chi connectivity index (χ1) is 13.8. The van der Waals surface area contributed by atoms with Crippen LogP contribution in [0.1, 0.15) is 17.4 Å². The number of H-pyrrole nitrogens is 1. The normalized spacial score (nSPS) is 12.5. The second kappa shape index (κ2) is 6.91. The molecular weight excluding hydrogens is 344 g/mol. The molecule has 1 unspecified atom stereocenters. The van der Waals surface area contributed by atoms with Crippen LogP contribution in [0.15, 0.2) is 85.1 Å². The van der Waals surface area contributed by atoms with Crippen molar-refractivity contribution in [2.45, 2.75) is 12.5 Å². The van der Waals surface area contributed by atoms with Crippen molar-refractivity contribution in [2.75, 3.05) is 0 Å². The average molecular weight is 364 g/mol. The van der Waals surface area contributed by atoms with E-state index in [1.54, 1.807) is 0 Å². The summed E-state index contributed by atoms with van der Waals surface area (Å²) < 4.78 is 0. The molecule has 136 valence electrons. The Morgan fingerprint density at radius 2 is 1.75 bits per heavy atom. The van der Waals surface area contributed by atoms with Crippen molar-refractivity contribution in [3.05, 3.63) is 96.4 Å². The van der Waals surface area contributed by atoms with Gasteiger partial charge in [-0.15, -0.1) is 0 Å². The maximum absolute atomic E-state index is 6.41. The molecule has 0 fully saturated rings. The monoisotopic (exact) mass is 364 g/mol. The Morgan fingerprint density at radius 1 is 0.857 bits per heavy atom. The highest BCUT2D eigenvalue weighted by molar-refractivity contribution is 5.96. The first-order valence-electron chi connectivity index (χ1n) is 9.41. The zero-order valence-corrected chi connectivity index (χ0v) is 15.3. The van der Waals surface area contributed by atoms with Gasteiger partial charge in [0.25, 0.3) is 0 Å². The van der Waals surface area contributed by atoms with Crippen LogP contribution < -0.4 is 5.73 Å². The topological polar surface area (TPSA) is 67.6 Å². The molecule has 0 aliphatic carbocycles. The SMILES string of the molecule is NC(Cc1ccccc1)c1nc2ccc(-c3cccc4ncccc34)cc2[nH]1. The van der Waals surface area contributed by atoms with E-state index >= 15 is 0 Å². The number of fused-ring (bicyclic) bond motifs is 2. The van der Waals surface area contributed by atoms with Crippen LogP contribution in [0.4, 0.5) is 0 Å². The number of nitrogens with zero attached hydrogens (tertiary/aromatic N) is 2. The lowest BCUT2D eigenvalue weighted by atomic mass is 10.0. The van der Waals surface area contributed by atoms with Crippen LogP contribution in [0.2, 0.25) is 0 Å². The minimum absolute atomic E-state index is 0.167. The van der Waals surface area contributed by atoms with Gasteiger partial charge in [-0.05, 0) is 47.4 Å². The number of nitrogens with two attached hydrogens (primary N) is 1. The summed E-state index contributed by atoms with van der Waals surface area (Å²) in [5.41, 5.74) is 12.8. The Hall–Kier alpha value is -3.50. The molecule has 5 aromatic rings. The number of rotatable bonds is 4. The molecule has 3 aromatic carbocycles. The van der Waals surface area contributed by atoms with Crippen LogP contribution in [0, 0.1) is 0 Å². The lowest BCUT2D eigenvalue weighted by Gasteiger charge is -2.08. The van der Waals surface area contributed by atoms with Gasteiger partial charge in [-0.25, -0.2) is 4.98 Å². The quantitative estimate of drug-likeness (QED) is 0.470. The Morgan fingerprint density at radius 3 is 2.64 bits per heavy atom. The first kappa shape index (κ1) is 16.7. The van der Waals surface area contributed by atoms with Gasteiger partial charge in [-0.3, -0.25) is 4.98 Å². The highest BCUT2D eigenvalue weighted by atomic mass is 15.0. The Labute approximate surface area is 163 Å². The number of hydrogen-bond donors (Lipinski definition) is 2. The van der Waals surface area contributed by atoms with E-state index in [1.165, 1.54) is 5.56 Å². The number of hydrogen-bond acceptors (Lipinski definition) is 3. The van der Waals surface area contributed by atoms with Crippen LogP contribution in [-0.2, 0) is 6.42 Å². The van der Waals surface area contributed by atoms with Gasteiger partial charge in [0.05, 0.1) is 22.6 Å². The van der Waals surface area contributed by atoms with Gasteiger partial charge < -0.3 is 10.7 Å². The molecule has 0 bridgehead atoms. The van der Waals surface area contributed by atoms with E-state index < -0.39 is 0 Å². The third-order valence-corrected chi connectivity index (χ3v) is 5.11. The minimum atomic E-state index is -0.167. The van der Waals surface area contributed by atoms with Gasteiger partial charge in [-0.2, -0.15) is 0 Å². The minimum Gasteiger partial charge on any atom is -0.341 e. The van der Waals surface area contributed by atoms with Crippen molar-refractivity contribution in [1.29, 1.82) is 0 Å². The fraction of sp³-hybridized carbons (Fsp3) is 0.0833. The fourth-order valence-electron chi connectivity index (χ4n) is 3.69. The number of aromatic nitrogens is 3. The van der Waals surface area contributed by atoms with Gasteiger partial charge in [0.2, 0.25) is 0 Å². The van der Waals surface area contributed by atoms with E-state index in [1.807, 2.05) is 42.6 Å². The summed E-state index contributed by atoms with van der Waals surface area (Å²) in [7, 11) is 0. The predicted octanol–water partition coefficient (Wildman–Crippen LogP) is 5.02. The number of aromatic amines is 1. The third-order valence-electron chi connectivity index (χ3n) is 5.11. The second-order valence-corrected chi connectivity index (χ2v) is 7.03. The fourth-order valence-corrected chi connectivity index (χ4v) is 3.69. The molecule has 5 rings (SSSR count). The Balaban J connectivity index is 1.52. The third kappa shape index (κ3) is 3.04. The molecule has 28 heavy (non-hydrogen) atoms. The molecule has 2 aromatic heterocycles. The van der Waals surface area contributed by atoms with Gasteiger partial charge >= 0.3 is 0 Å². The molecule has 4 nitrogen and oxygen atoms in total. The summed E-state index contributed by atoms with van der Waals surface area (Å²) in [5.74, 6) is 0.815. The van der Waals surface area contributed by atoms with Crippen LogP contribution in [-0.4, -0.2) is 15.0 Å². The molecule has 0 saturated heterocycles. The smallest absolute Gasteiger partial charge is 0.124 e. The van der Waals surface area contributed by atoms with E-state index in [9.17, 15) is 0 Å². The largest absolute Gasteiger partial charge is 0.341 e. The maximum Gasteiger partial charge on any atom is 0.124 e.